The second kappa shape index (κ2) is 5.44. The summed E-state index contributed by atoms with van der Waals surface area (Å²) in [5.74, 6) is 0.289. The Hall–Kier alpha value is -1.56. The van der Waals surface area contributed by atoms with Crippen molar-refractivity contribution < 1.29 is 13.2 Å². The van der Waals surface area contributed by atoms with Crippen molar-refractivity contribution in [2.45, 2.75) is 32.5 Å². The Morgan fingerprint density at radius 3 is 2.30 bits per heavy atom. The first-order chi connectivity index (χ1) is 9.29. The third-order valence-electron chi connectivity index (χ3n) is 3.11. The van der Waals surface area contributed by atoms with Crippen molar-refractivity contribution in [1.29, 1.82) is 0 Å². The predicted octanol–water partition coefficient (Wildman–Crippen LogP) is 4.74. The van der Waals surface area contributed by atoms with Gasteiger partial charge in [0.15, 0.2) is 4.77 Å². The predicted molar refractivity (Wildman–Crippen MR) is 74.3 cm³/mol. The van der Waals surface area contributed by atoms with Crippen molar-refractivity contribution >= 4 is 12.2 Å². The fraction of sp³-hybridized carbons (Fsp3) is 0.357. The molecule has 20 heavy (non-hydrogen) atoms. The van der Waals surface area contributed by atoms with E-state index in [4.69, 9.17) is 12.2 Å². The highest BCUT2D eigenvalue weighted by Crippen LogP contribution is 2.29. The number of aromatic nitrogens is 2. The van der Waals surface area contributed by atoms with Gasteiger partial charge in [0.1, 0.15) is 0 Å². The van der Waals surface area contributed by atoms with Crippen LogP contribution >= 0.6 is 12.2 Å². The van der Waals surface area contributed by atoms with Crippen LogP contribution in [0.25, 0.3) is 0 Å². The van der Waals surface area contributed by atoms with Crippen LogP contribution in [0.1, 0.15) is 36.6 Å². The van der Waals surface area contributed by atoms with E-state index >= 15 is 0 Å². The average molecular weight is 300 g/mol. The first kappa shape index (κ1) is 14.8. The summed E-state index contributed by atoms with van der Waals surface area (Å²) in [6.07, 6.45) is -2.46. The van der Waals surface area contributed by atoms with E-state index in [1.54, 1.807) is 0 Å². The molecule has 2 nitrogen and oxygen atoms in total. The van der Waals surface area contributed by atoms with Gasteiger partial charge in [0.2, 0.25) is 0 Å². The molecule has 1 aromatic carbocycles. The summed E-state index contributed by atoms with van der Waals surface area (Å²) in [4.78, 5) is 2.97. The highest BCUT2D eigenvalue weighted by Gasteiger charge is 2.29. The molecule has 0 fully saturated rings. The van der Waals surface area contributed by atoms with E-state index in [2.05, 4.69) is 4.98 Å². The van der Waals surface area contributed by atoms with Crippen molar-refractivity contribution in [2.75, 3.05) is 0 Å². The maximum absolute atomic E-state index is 12.5. The molecule has 6 heteroatoms. The Labute approximate surface area is 120 Å². The third kappa shape index (κ3) is 3.12. The zero-order valence-corrected chi connectivity index (χ0v) is 12.0. The molecule has 0 saturated heterocycles. The number of halogens is 3. The van der Waals surface area contributed by atoms with Crippen LogP contribution < -0.4 is 0 Å². The summed E-state index contributed by atoms with van der Waals surface area (Å²) in [6.45, 7) is 4.55. The van der Waals surface area contributed by atoms with Gasteiger partial charge in [0.25, 0.3) is 0 Å². The molecule has 0 aliphatic carbocycles. The summed E-state index contributed by atoms with van der Waals surface area (Å²) in [7, 11) is 0. The largest absolute Gasteiger partial charge is 0.416 e. The number of rotatable bonds is 3. The average Bonchev–Trinajstić information content (AvgIpc) is 2.71. The molecule has 2 aromatic rings. The van der Waals surface area contributed by atoms with Crippen LogP contribution in [0.5, 0.6) is 0 Å². The van der Waals surface area contributed by atoms with Gasteiger partial charge in [0.05, 0.1) is 12.1 Å². The number of nitrogens with one attached hydrogen (secondary N) is 1. The van der Waals surface area contributed by atoms with E-state index in [1.807, 2.05) is 24.6 Å². The minimum Gasteiger partial charge on any atom is -0.337 e. The highest BCUT2D eigenvalue weighted by atomic mass is 32.1. The summed E-state index contributed by atoms with van der Waals surface area (Å²) in [6, 6.07) is 5.17. The van der Waals surface area contributed by atoms with Gasteiger partial charge in [-0.05, 0) is 35.8 Å². The number of alkyl halides is 3. The standard InChI is InChI=1S/C14H15F3N2S/c1-9(2)12-7-18-13(20)19(12)8-10-3-5-11(6-4-10)14(15,16)17/h3-7,9H,8H2,1-2H3,(H,18,20). The maximum Gasteiger partial charge on any atom is 0.416 e. The lowest BCUT2D eigenvalue weighted by molar-refractivity contribution is -0.137. The maximum atomic E-state index is 12.5. The first-order valence-electron chi connectivity index (χ1n) is 6.23. The van der Waals surface area contributed by atoms with Gasteiger partial charge >= 0.3 is 6.18 Å². The van der Waals surface area contributed by atoms with E-state index in [9.17, 15) is 13.2 Å². The quantitative estimate of drug-likeness (QED) is 0.812. The fourth-order valence-corrected chi connectivity index (χ4v) is 2.26. The van der Waals surface area contributed by atoms with Crippen LogP contribution in [0, 0.1) is 4.77 Å². The topological polar surface area (TPSA) is 20.7 Å². The summed E-state index contributed by atoms with van der Waals surface area (Å²) < 4.78 is 40.0. The Balaban J connectivity index is 2.27. The molecule has 0 aliphatic heterocycles. The number of hydrogen-bond acceptors (Lipinski definition) is 1. The third-order valence-corrected chi connectivity index (χ3v) is 3.45. The minimum absolute atomic E-state index is 0.289. The van der Waals surface area contributed by atoms with Gasteiger partial charge in [-0.3, -0.25) is 0 Å². The lowest BCUT2D eigenvalue weighted by Crippen LogP contribution is -2.07. The van der Waals surface area contributed by atoms with Crippen LogP contribution in [0.3, 0.4) is 0 Å². The zero-order valence-electron chi connectivity index (χ0n) is 11.2. The van der Waals surface area contributed by atoms with Crippen LogP contribution in [0.2, 0.25) is 0 Å². The van der Waals surface area contributed by atoms with E-state index in [-0.39, 0.29) is 5.92 Å². The lowest BCUT2D eigenvalue weighted by atomic mass is 10.1. The molecule has 1 aromatic heterocycles. The van der Waals surface area contributed by atoms with E-state index in [1.165, 1.54) is 12.1 Å². The fourth-order valence-electron chi connectivity index (χ4n) is 2.03. The van der Waals surface area contributed by atoms with Gasteiger partial charge in [0, 0.05) is 11.9 Å². The van der Waals surface area contributed by atoms with E-state index in [0.29, 0.717) is 11.3 Å². The molecule has 0 aliphatic rings. The summed E-state index contributed by atoms with van der Waals surface area (Å²) in [5.41, 5.74) is 1.19. The van der Waals surface area contributed by atoms with Gasteiger partial charge in [-0.2, -0.15) is 13.2 Å². The second-order valence-electron chi connectivity index (χ2n) is 4.95. The molecule has 2 rings (SSSR count). The molecule has 1 N–H and O–H groups in total. The van der Waals surface area contributed by atoms with Crippen LogP contribution in [0.4, 0.5) is 13.2 Å². The zero-order chi connectivity index (χ0) is 14.9. The Bertz CT molecular complexity index is 636. The molecule has 0 bridgehead atoms. The summed E-state index contributed by atoms with van der Waals surface area (Å²) >= 11 is 5.20. The van der Waals surface area contributed by atoms with Crippen molar-refractivity contribution in [3.05, 3.63) is 52.1 Å². The Morgan fingerprint density at radius 2 is 1.80 bits per heavy atom. The molecular weight excluding hydrogens is 285 g/mol. The Kier molecular flexibility index (Phi) is 4.04. The molecule has 108 valence electrons. The number of benzene rings is 1. The minimum atomic E-state index is -4.30. The van der Waals surface area contributed by atoms with Crippen molar-refractivity contribution in [2.24, 2.45) is 0 Å². The lowest BCUT2D eigenvalue weighted by Gasteiger charge is -2.12. The molecule has 0 unspecified atom stereocenters. The molecule has 0 atom stereocenters. The first-order valence-corrected chi connectivity index (χ1v) is 6.64. The highest BCUT2D eigenvalue weighted by molar-refractivity contribution is 7.71. The number of hydrogen-bond donors (Lipinski definition) is 1. The van der Waals surface area contributed by atoms with Gasteiger partial charge < -0.3 is 9.55 Å². The normalized spacial score (nSPS) is 12.1. The van der Waals surface area contributed by atoms with Crippen molar-refractivity contribution in [1.82, 2.24) is 9.55 Å². The molecule has 1 heterocycles. The molecule has 0 saturated carbocycles. The van der Waals surface area contributed by atoms with Crippen LogP contribution in [-0.4, -0.2) is 9.55 Å². The van der Waals surface area contributed by atoms with Crippen molar-refractivity contribution in [3.8, 4) is 0 Å². The number of imidazole rings is 1. The van der Waals surface area contributed by atoms with E-state index < -0.39 is 11.7 Å². The smallest absolute Gasteiger partial charge is 0.337 e. The molecule has 0 radical (unpaired) electrons. The molecular formula is C14H15F3N2S. The number of aromatic amines is 1. The Morgan fingerprint density at radius 1 is 1.20 bits per heavy atom. The van der Waals surface area contributed by atoms with Gasteiger partial charge in [-0.1, -0.05) is 26.0 Å². The summed E-state index contributed by atoms with van der Waals surface area (Å²) in [5, 5.41) is 0. The second-order valence-corrected chi connectivity index (χ2v) is 5.34. The van der Waals surface area contributed by atoms with E-state index in [0.717, 1.165) is 23.4 Å². The SMILES string of the molecule is CC(C)c1c[nH]c(=S)n1Cc1ccc(C(F)(F)F)cc1. The van der Waals surface area contributed by atoms with Crippen LogP contribution in [0.15, 0.2) is 30.5 Å². The van der Waals surface area contributed by atoms with Gasteiger partial charge in [-0.15, -0.1) is 0 Å². The monoisotopic (exact) mass is 300 g/mol. The molecule has 0 amide bonds. The number of nitrogens with zero attached hydrogens (tertiary/aromatic N) is 1. The number of H-pyrrole nitrogens is 1. The molecule has 0 spiro atoms. The van der Waals surface area contributed by atoms with Crippen molar-refractivity contribution in [3.63, 3.8) is 0 Å². The van der Waals surface area contributed by atoms with Crippen LogP contribution in [-0.2, 0) is 12.7 Å². The van der Waals surface area contributed by atoms with Gasteiger partial charge in [-0.25, -0.2) is 0 Å².